The quantitative estimate of drug-likeness (QED) is 0.0236. The molecule has 0 aliphatic heterocycles. The van der Waals surface area contributed by atoms with E-state index < -0.39 is 23.9 Å². The smallest absolute Gasteiger partial charge is 0.351 e. The molecule has 0 bridgehead atoms. The Hall–Kier alpha value is -6.38. The third-order valence-corrected chi connectivity index (χ3v) is 10.3. The predicted octanol–water partition coefficient (Wildman–Crippen LogP) is 12.7. The van der Waals surface area contributed by atoms with E-state index in [1.165, 1.54) is 138 Å². The fraction of sp³-hybridized carbons (Fsp3) is 0.377. The number of rotatable bonds is 28. The molecule has 0 amide bonds. The van der Waals surface area contributed by atoms with Gasteiger partial charge in [0.1, 0.15) is 45.6 Å². The molecule has 1 aliphatic rings. The van der Waals surface area contributed by atoms with Crippen molar-refractivity contribution < 1.29 is 47.6 Å². The molecule has 4 aromatic rings. The van der Waals surface area contributed by atoms with Gasteiger partial charge in [-0.2, -0.15) is 0 Å². The molecular weight excluding hydrogens is 797 g/mol. The number of ether oxygens (including phenoxy) is 6. The van der Waals surface area contributed by atoms with Gasteiger partial charge >= 0.3 is 23.9 Å². The van der Waals surface area contributed by atoms with Crippen LogP contribution < -0.4 is 28.4 Å². The molecule has 5 rings (SSSR count). The van der Waals surface area contributed by atoms with Crippen LogP contribution in [0, 0.1) is 0 Å². The van der Waals surface area contributed by atoms with Gasteiger partial charge in [0.05, 0.1) is 24.3 Å². The first-order valence-corrected chi connectivity index (χ1v) is 22.5. The number of hydrogen-bond acceptors (Lipinski definition) is 10. The molecule has 0 saturated carbocycles. The summed E-state index contributed by atoms with van der Waals surface area (Å²) in [4.78, 5) is 51.2. The van der Waals surface area contributed by atoms with Gasteiger partial charge < -0.3 is 28.4 Å². The Bertz CT molecular complexity index is 1990. The van der Waals surface area contributed by atoms with Crippen LogP contribution in [-0.2, 0) is 9.59 Å². The number of carbonyl (C=O) groups excluding carboxylic acids is 4. The number of esters is 4. The van der Waals surface area contributed by atoms with E-state index in [-0.39, 0.29) is 33.8 Å². The second-order valence-corrected chi connectivity index (χ2v) is 15.5. The molecule has 10 nitrogen and oxygen atoms in total. The van der Waals surface area contributed by atoms with Gasteiger partial charge in [-0.1, -0.05) is 109 Å². The van der Waals surface area contributed by atoms with Crippen molar-refractivity contribution in [3.63, 3.8) is 0 Å². The lowest BCUT2D eigenvalue weighted by atomic mass is 10.1. The number of benzene rings is 4. The van der Waals surface area contributed by atoms with Crippen molar-refractivity contribution >= 4 is 23.9 Å². The maximum absolute atomic E-state index is 12.8. The van der Waals surface area contributed by atoms with Gasteiger partial charge in [-0.3, -0.25) is 0 Å². The fourth-order valence-corrected chi connectivity index (χ4v) is 6.67. The molecule has 63 heavy (non-hydrogen) atoms. The molecule has 0 N–H and O–H groups in total. The van der Waals surface area contributed by atoms with Crippen molar-refractivity contribution in [2.45, 2.75) is 117 Å². The molecule has 0 heterocycles. The Morgan fingerprint density at radius 2 is 0.619 bits per heavy atom. The molecule has 10 heteroatoms. The predicted molar refractivity (Wildman–Crippen MR) is 243 cm³/mol. The van der Waals surface area contributed by atoms with Gasteiger partial charge in [-0.25, -0.2) is 19.2 Å². The van der Waals surface area contributed by atoms with E-state index in [1.807, 2.05) is 0 Å². The molecule has 0 unspecified atom stereocenters. The molecule has 0 radical (unpaired) electrons. The molecular formula is C53H60O10. The first-order chi connectivity index (χ1) is 30.8. The van der Waals surface area contributed by atoms with Crippen molar-refractivity contribution in [1.29, 1.82) is 0 Å². The Kier molecular flexibility index (Phi) is 20.3. The highest BCUT2D eigenvalue weighted by Crippen LogP contribution is 2.24. The molecule has 0 saturated heterocycles. The van der Waals surface area contributed by atoms with Crippen molar-refractivity contribution in [2.24, 2.45) is 0 Å². The van der Waals surface area contributed by atoms with E-state index in [9.17, 15) is 19.2 Å². The largest absolute Gasteiger partial charge is 0.494 e. The van der Waals surface area contributed by atoms with Gasteiger partial charge in [0, 0.05) is 0 Å². The lowest BCUT2D eigenvalue weighted by molar-refractivity contribution is -0.130. The molecule has 1 aliphatic carbocycles. The standard InChI is InChI=1S/C53H60O10/c1-3-5-7-9-11-13-15-17-37-58-44-29-33-48(34-30-44)60-50(54)40-21-25-46(26-22-40)62-52(56)42-19-20-43(39-42)53(57)63-47-27-23-41(24-28-47)51(55)61-49-35-31-45(32-36-49)59-38-18-16-14-12-10-8-6-4-2/h19-36H,3-18,37-38H2,1-2H3. The summed E-state index contributed by atoms with van der Waals surface area (Å²) in [6.07, 6.45) is 22.5. The minimum Gasteiger partial charge on any atom is -0.494 e. The van der Waals surface area contributed by atoms with Crippen LogP contribution in [0.1, 0.15) is 137 Å². The highest BCUT2D eigenvalue weighted by molar-refractivity contribution is 6.00. The Morgan fingerprint density at radius 3 is 0.952 bits per heavy atom. The SMILES string of the molecule is CCCCCCCCCCOc1ccc(OC(=O)c2ccc(OC(=O)C3=C=C(C(=O)Oc4ccc(C(=O)Oc5ccc(OCCCCCCCCCC)cc5)cc4)C=C3)cc2)cc1. The normalized spacial score (nSPS) is 11.7. The lowest BCUT2D eigenvalue weighted by Gasteiger charge is -2.08. The molecule has 0 spiro atoms. The Labute approximate surface area is 371 Å². The maximum Gasteiger partial charge on any atom is 0.351 e. The second kappa shape index (κ2) is 26.8. The summed E-state index contributed by atoms with van der Waals surface area (Å²) in [5.74, 6) is -0.0959. The van der Waals surface area contributed by atoms with Crippen LogP contribution in [0.4, 0.5) is 0 Å². The number of unbranched alkanes of at least 4 members (excludes halogenated alkanes) is 14. The van der Waals surface area contributed by atoms with Crippen LogP contribution >= 0.6 is 0 Å². The van der Waals surface area contributed by atoms with Crippen LogP contribution in [0.5, 0.6) is 34.5 Å². The summed E-state index contributed by atoms with van der Waals surface area (Å²) >= 11 is 0. The lowest BCUT2D eigenvalue weighted by Crippen LogP contribution is -2.11. The van der Waals surface area contributed by atoms with E-state index in [4.69, 9.17) is 28.4 Å². The van der Waals surface area contributed by atoms with Gasteiger partial charge in [-0.15, -0.1) is 0 Å². The molecule has 0 aromatic heterocycles. The zero-order chi connectivity index (χ0) is 44.5. The highest BCUT2D eigenvalue weighted by atomic mass is 16.5. The molecule has 4 aromatic carbocycles. The topological polar surface area (TPSA) is 124 Å². The first kappa shape index (κ1) is 47.7. The highest BCUT2D eigenvalue weighted by Gasteiger charge is 2.19. The third kappa shape index (κ3) is 17.1. The van der Waals surface area contributed by atoms with Gasteiger partial charge in [-0.05, 0) is 122 Å². The van der Waals surface area contributed by atoms with Crippen LogP contribution in [0.25, 0.3) is 0 Å². The van der Waals surface area contributed by atoms with Gasteiger partial charge in [0.15, 0.2) is 0 Å². The molecule has 0 atom stereocenters. The molecule has 332 valence electrons. The first-order valence-electron chi connectivity index (χ1n) is 22.5. The van der Waals surface area contributed by atoms with Crippen molar-refractivity contribution in [3.05, 3.63) is 137 Å². The summed E-state index contributed by atoms with van der Waals surface area (Å²) < 4.78 is 33.5. The van der Waals surface area contributed by atoms with E-state index in [1.54, 1.807) is 48.5 Å². The minimum absolute atomic E-state index is 0.0110. The number of hydrogen-bond donors (Lipinski definition) is 0. The Morgan fingerprint density at radius 1 is 0.349 bits per heavy atom. The minimum atomic E-state index is -0.752. The van der Waals surface area contributed by atoms with E-state index in [0.717, 1.165) is 25.7 Å². The van der Waals surface area contributed by atoms with E-state index >= 15 is 0 Å². The fourth-order valence-electron chi connectivity index (χ4n) is 6.67. The number of carbonyl (C=O) groups is 4. The summed E-state index contributed by atoms with van der Waals surface area (Å²) in [7, 11) is 0. The Balaban J connectivity index is 0.997. The zero-order valence-electron chi connectivity index (χ0n) is 36.7. The third-order valence-electron chi connectivity index (χ3n) is 10.3. The summed E-state index contributed by atoms with van der Waals surface area (Å²) in [6, 6.07) is 25.7. The average Bonchev–Trinajstić information content (AvgIpc) is 3.81. The summed E-state index contributed by atoms with van der Waals surface area (Å²) in [5.41, 5.74) is 3.26. The average molecular weight is 857 g/mol. The van der Waals surface area contributed by atoms with Crippen molar-refractivity contribution in [3.8, 4) is 34.5 Å². The maximum atomic E-state index is 12.8. The van der Waals surface area contributed by atoms with E-state index in [2.05, 4.69) is 19.6 Å². The van der Waals surface area contributed by atoms with Crippen LogP contribution in [0.2, 0.25) is 0 Å². The van der Waals surface area contributed by atoms with Gasteiger partial charge in [0.25, 0.3) is 0 Å². The van der Waals surface area contributed by atoms with E-state index in [0.29, 0.717) is 36.2 Å². The van der Waals surface area contributed by atoms with Crippen molar-refractivity contribution in [1.82, 2.24) is 0 Å². The van der Waals surface area contributed by atoms with Gasteiger partial charge in [0.2, 0.25) is 0 Å². The van der Waals surface area contributed by atoms with Crippen LogP contribution in [-0.4, -0.2) is 37.1 Å². The van der Waals surface area contributed by atoms with Crippen LogP contribution in [0.15, 0.2) is 126 Å². The second-order valence-electron chi connectivity index (χ2n) is 15.5. The summed E-state index contributed by atoms with van der Waals surface area (Å²) in [5, 5.41) is 0. The monoisotopic (exact) mass is 856 g/mol. The summed E-state index contributed by atoms with van der Waals surface area (Å²) in [6.45, 7) is 5.75. The van der Waals surface area contributed by atoms with Crippen molar-refractivity contribution in [2.75, 3.05) is 13.2 Å². The van der Waals surface area contributed by atoms with Crippen LogP contribution in [0.3, 0.4) is 0 Å². The molecule has 0 fully saturated rings. The zero-order valence-corrected chi connectivity index (χ0v) is 36.7.